The number of nitrogens with one attached hydrogen (secondary N) is 1. The van der Waals surface area contributed by atoms with Gasteiger partial charge >= 0.3 is 0 Å². The predicted molar refractivity (Wildman–Crippen MR) is 194 cm³/mol. The number of thioether (sulfide) groups is 1. The van der Waals surface area contributed by atoms with E-state index in [1.165, 1.54) is 28.8 Å². The molecule has 0 saturated heterocycles. The van der Waals surface area contributed by atoms with Gasteiger partial charge in [0.05, 0.1) is 17.2 Å². The molecule has 0 saturated carbocycles. The standard InChI is InChI=1S/C37H42ClN3O5S2/c1-5-46-32-17-15-31(16-18-32)41(48(44,45)34-21-19-33(47-4)20-22-34)26-36(42)40(25-29-11-13-30(38)14-12-29)35(37(43)39-24-27(2)3)23-28-9-7-6-8-10-28/h6-22,27,35H,5,23-26H2,1-4H3,(H,39,43)/t35-/m0/s1. The van der Waals surface area contributed by atoms with Gasteiger partial charge in [0.15, 0.2) is 0 Å². The molecular weight excluding hydrogens is 666 g/mol. The predicted octanol–water partition coefficient (Wildman–Crippen LogP) is 7.07. The summed E-state index contributed by atoms with van der Waals surface area (Å²) in [5.74, 6) is -0.102. The van der Waals surface area contributed by atoms with E-state index in [1.807, 2.05) is 57.4 Å². The molecule has 0 heterocycles. The summed E-state index contributed by atoms with van der Waals surface area (Å²) < 4.78 is 35.3. The highest BCUT2D eigenvalue weighted by Gasteiger charge is 2.34. The second-order valence-electron chi connectivity index (χ2n) is 11.6. The average molecular weight is 708 g/mol. The highest BCUT2D eigenvalue weighted by atomic mass is 35.5. The topological polar surface area (TPSA) is 96.0 Å². The number of hydrogen-bond donors (Lipinski definition) is 1. The Morgan fingerprint density at radius 2 is 1.52 bits per heavy atom. The number of sulfonamides is 1. The summed E-state index contributed by atoms with van der Waals surface area (Å²) in [5.41, 5.74) is 1.89. The van der Waals surface area contributed by atoms with Crippen molar-refractivity contribution in [3.63, 3.8) is 0 Å². The number of ether oxygens (including phenoxy) is 1. The molecule has 0 aliphatic carbocycles. The Balaban J connectivity index is 1.79. The Hall–Kier alpha value is -3.99. The van der Waals surface area contributed by atoms with Crippen molar-refractivity contribution in [1.82, 2.24) is 10.2 Å². The third-order valence-corrected chi connectivity index (χ3v) is 10.4. The van der Waals surface area contributed by atoms with Gasteiger partial charge in [0.1, 0.15) is 18.3 Å². The van der Waals surface area contributed by atoms with Crippen LogP contribution in [0.5, 0.6) is 5.75 Å². The van der Waals surface area contributed by atoms with Crippen molar-refractivity contribution in [3.8, 4) is 5.75 Å². The highest BCUT2D eigenvalue weighted by molar-refractivity contribution is 7.98. The van der Waals surface area contributed by atoms with E-state index in [0.717, 1.165) is 20.3 Å². The molecule has 0 aliphatic heterocycles. The molecule has 1 atom stereocenters. The van der Waals surface area contributed by atoms with Gasteiger partial charge in [-0.3, -0.25) is 13.9 Å². The summed E-state index contributed by atoms with van der Waals surface area (Å²) in [6.45, 7) is 6.23. The van der Waals surface area contributed by atoms with E-state index in [-0.39, 0.29) is 35.4 Å². The summed E-state index contributed by atoms with van der Waals surface area (Å²) in [6.07, 6.45) is 2.14. The van der Waals surface area contributed by atoms with Crippen LogP contribution in [0.1, 0.15) is 31.9 Å². The molecule has 0 unspecified atom stereocenters. The normalized spacial score (nSPS) is 12.0. The molecule has 254 valence electrons. The second kappa shape index (κ2) is 17.4. The lowest BCUT2D eigenvalue weighted by molar-refractivity contribution is -0.140. The van der Waals surface area contributed by atoms with Gasteiger partial charge in [-0.2, -0.15) is 0 Å². The van der Waals surface area contributed by atoms with Crippen LogP contribution >= 0.6 is 23.4 Å². The van der Waals surface area contributed by atoms with E-state index >= 15 is 0 Å². The lowest BCUT2D eigenvalue weighted by Gasteiger charge is -2.34. The SMILES string of the molecule is CCOc1ccc(N(CC(=O)N(Cc2ccc(Cl)cc2)[C@@H](Cc2ccccc2)C(=O)NCC(C)C)S(=O)(=O)c2ccc(SC)cc2)cc1. The van der Waals surface area contributed by atoms with Crippen molar-refractivity contribution < 1.29 is 22.7 Å². The lowest BCUT2D eigenvalue weighted by atomic mass is 10.0. The minimum atomic E-state index is -4.22. The van der Waals surface area contributed by atoms with Crippen molar-refractivity contribution in [3.05, 3.63) is 119 Å². The molecule has 0 aliphatic rings. The number of carbonyl (C=O) groups is 2. The van der Waals surface area contributed by atoms with Gasteiger partial charge in [-0.15, -0.1) is 11.8 Å². The Morgan fingerprint density at radius 1 is 0.875 bits per heavy atom. The fourth-order valence-corrected chi connectivity index (χ4v) is 6.99. The van der Waals surface area contributed by atoms with Gasteiger partial charge in [0.2, 0.25) is 11.8 Å². The first kappa shape index (κ1) is 36.8. The van der Waals surface area contributed by atoms with Crippen LogP contribution in [0.4, 0.5) is 5.69 Å². The molecule has 0 radical (unpaired) electrons. The molecule has 4 rings (SSSR count). The van der Waals surface area contributed by atoms with Crippen LogP contribution in [-0.2, 0) is 32.6 Å². The average Bonchev–Trinajstić information content (AvgIpc) is 3.09. The van der Waals surface area contributed by atoms with E-state index in [1.54, 1.807) is 60.7 Å². The lowest BCUT2D eigenvalue weighted by Crippen LogP contribution is -2.53. The minimum Gasteiger partial charge on any atom is -0.494 e. The van der Waals surface area contributed by atoms with Crippen LogP contribution in [0.15, 0.2) is 113 Å². The van der Waals surface area contributed by atoms with Gasteiger partial charge in [-0.1, -0.05) is 67.9 Å². The zero-order valence-electron chi connectivity index (χ0n) is 27.6. The van der Waals surface area contributed by atoms with Gasteiger partial charge in [0, 0.05) is 29.4 Å². The quantitative estimate of drug-likeness (QED) is 0.125. The Kier molecular flexibility index (Phi) is 13.4. The summed E-state index contributed by atoms with van der Waals surface area (Å²) >= 11 is 7.67. The third kappa shape index (κ3) is 10.0. The first-order valence-electron chi connectivity index (χ1n) is 15.8. The first-order chi connectivity index (χ1) is 23.0. The van der Waals surface area contributed by atoms with Crippen molar-refractivity contribution in [2.24, 2.45) is 5.92 Å². The summed E-state index contributed by atoms with van der Waals surface area (Å²) in [6, 6.07) is 28.7. The van der Waals surface area contributed by atoms with Gasteiger partial charge in [-0.25, -0.2) is 8.42 Å². The number of rotatable bonds is 16. The minimum absolute atomic E-state index is 0.0433. The monoisotopic (exact) mass is 707 g/mol. The number of nitrogens with zero attached hydrogens (tertiary/aromatic N) is 2. The molecule has 0 aromatic heterocycles. The number of anilines is 1. The zero-order chi connectivity index (χ0) is 34.7. The number of carbonyl (C=O) groups excluding carboxylic acids is 2. The van der Waals surface area contributed by atoms with E-state index in [0.29, 0.717) is 23.9 Å². The third-order valence-electron chi connectivity index (χ3n) is 7.58. The molecular formula is C37H42ClN3O5S2. The van der Waals surface area contributed by atoms with Crippen molar-refractivity contribution in [2.45, 2.75) is 49.6 Å². The Bertz CT molecular complexity index is 1730. The first-order valence-corrected chi connectivity index (χ1v) is 18.8. The highest BCUT2D eigenvalue weighted by Crippen LogP contribution is 2.28. The maximum atomic E-state index is 14.6. The smallest absolute Gasteiger partial charge is 0.264 e. The molecule has 4 aromatic carbocycles. The molecule has 1 N–H and O–H groups in total. The Morgan fingerprint density at radius 3 is 2.10 bits per heavy atom. The van der Waals surface area contributed by atoms with Gasteiger partial charge in [0.25, 0.3) is 10.0 Å². The van der Waals surface area contributed by atoms with Gasteiger partial charge < -0.3 is 15.0 Å². The van der Waals surface area contributed by atoms with Crippen LogP contribution in [0, 0.1) is 5.92 Å². The van der Waals surface area contributed by atoms with Crippen molar-refractivity contribution in [2.75, 3.05) is 30.3 Å². The molecule has 48 heavy (non-hydrogen) atoms. The zero-order valence-corrected chi connectivity index (χ0v) is 30.0. The summed E-state index contributed by atoms with van der Waals surface area (Å²) in [5, 5.41) is 3.54. The largest absolute Gasteiger partial charge is 0.494 e. The number of halogens is 1. The molecule has 8 nitrogen and oxygen atoms in total. The number of benzene rings is 4. The van der Waals surface area contributed by atoms with Crippen LogP contribution in [0.2, 0.25) is 5.02 Å². The molecule has 0 spiro atoms. The number of amides is 2. The van der Waals surface area contributed by atoms with E-state index in [9.17, 15) is 18.0 Å². The fraction of sp³-hybridized carbons (Fsp3) is 0.297. The molecule has 2 amide bonds. The maximum Gasteiger partial charge on any atom is 0.264 e. The molecule has 4 aromatic rings. The summed E-state index contributed by atoms with van der Waals surface area (Å²) in [4.78, 5) is 30.9. The van der Waals surface area contributed by atoms with Crippen LogP contribution < -0.4 is 14.4 Å². The molecule has 0 fully saturated rings. The van der Waals surface area contributed by atoms with Crippen LogP contribution in [0.25, 0.3) is 0 Å². The van der Waals surface area contributed by atoms with E-state index in [2.05, 4.69) is 5.32 Å². The maximum absolute atomic E-state index is 14.6. The van der Waals surface area contributed by atoms with Crippen molar-refractivity contribution >= 4 is 50.9 Å². The molecule has 0 bridgehead atoms. The second-order valence-corrected chi connectivity index (χ2v) is 14.8. The summed E-state index contributed by atoms with van der Waals surface area (Å²) in [7, 11) is -4.22. The number of hydrogen-bond acceptors (Lipinski definition) is 6. The Labute approximate surface area is 293 Å². The van der Waals surface area contributed by atoms with Gasteiger partial charge in [-0.05, 0) is 90.9 Å². The van der Waals surface area contributed by atoms with Crippen LogP contribution in [-0.4, -0.2) is 57.1 Å². The molecule has 11 heteroatoms. The van der Waals surface area contributed by atoms with E-state index in [4.69, 9.17) is 16.3 Å². The van der Waals surface area contributed by atoms with Crippen LogP contribution in [0.3, 0.4) is 0 Å². The fourth-order valence-electron chi connectivity index (χ4n) is 5.04. The van der Waals surface area contributed by atoms with Crippen molar-refractivity contribution in [1.29, 1.82) is 0 Å². The van der Waals surface area contributed by atoms with E-state index < -0.39 is 28.5 Å².